The highest BCUT2D eigenvalue weighted by Gasteiger charge is 2.42. The minimum Gasteiger partial charge on any atom is -0.465 e. The Bertz CT molecular complexity index is 1570. The largest absolute Gasteiger partial charge is 0.465 e. The Morgan fingerprint density at radius 1 is 0.714 bits per heavy atom. The number of ether oxygens (including phenoxy) is 3. The molecule has 314 valence electrons. The van der Waals surface area contributed by atoms with E-state index in [1.165, 1.54) is 44.1 Å². The second-order valence-corrected chi connectivity index (χ2v) is 21.7. The monoisotopic (exact) mass is 812 g/mol. The summed E-state index contributed by atoms with van der Waals surface area (Å²) in [6.45, 7) is 21.7. The minimum absolute atomic E-state index is 0.0179. The standard InChI is InChI=1S/C46H72N2O6S2/c1-10-26-47(31-40(49)53-43(4,5)6)33-45(22-13-11-14-23-45)55-56-46(24-15-12-16-25-46)34-48(32-41(50)54-44(7,8)9)27-17-28-52-42(51)36(3)37-20-21-38-29-35(2)18-19-39(38)30-37/h18-21,29-30,36H,10-17,22-28,31-34H2,1-9H3/t36-/m0/s1. The van der Waals surface area contributed by atoms with Crippen molar-refractivity contribution in [3.63, 3.8) is 0 Å². The van der Waals surface area contributed by atoms with E-state index in [9.17, 15) is 14.4 Å². The molecule has 0 unspecified atom stereocenters. The molecule has 2 aromatic carbocycles. The zero-order valence-electron chi connectivity index (χ0n) is 36.1. The van der Waals surface area contributed by atoms with Gasteiger partial charge in [-0.25, -0.2) is 0 Å². The third-order valence-corrected chi connectivity index (χ3v) is 15.0. The molecule has 10 heteroatoms. The molecular formula is C46H72N2O6S2. The number of carbonyl (C=O) groups is 3. The van der Waals surface area contributed by atoms with Crippen LogP contribution in [-0.2, 0) is 28.6 Å². The molecule has 0 aliphatic heterocycles. The van der Waals surface area contributed by atoms with Gasteiger partial charge in [-0.1, -0.05) is 109 Å². The third-order valence-electron chi connectivity index (χ3n) is 10.8. The van der Waals surface area contributed by atoms with Crippen molar-refractivity contribution in [3.05, 3.63) is 47.5 Å². The summed E-state index contributed by atoms with van der Waals surface area (Å²) in [7, 11) is 4.11. The molecule has 0 spiro atoms. The van der Waals surface area contributed by atoms with Gasteiger partial charge in [0.05, 0.1) is 25.6 Å². The molecular weight excluding hydrogens is 741 g/mol. The Balaban J connectivity index is 1.44. The van der Waals surface area contributed by atoms with Crippen molar-refractivity contribution in [2.45, 2.75) is 166 Å². The normalized spacial score (nSPS) is 17.8. The maximum Gasteiger partial charge on any atom is 0.320 e. The fraction of sp³-hybridized carbons (Fsp3) is 0.717. The molecule has 56 heavy (non-hydrogen) atoms. The van der Waals surface area contributed by atoms with Crippen LogP contribution in [0.25, 0.3) is 10.8 Å². The first-order valence-corrected chi connectivity index (χ1v) is 23.5. The van der Waals surface area contributed by atoms with Crippen molar-refractivity contribution in [2.24, 2.45) is 0 Å². The molecule has 2 saturated carbocycles. The summed E-state index contributed by atoms with van der Waals surface area (Å²) < 4.78 is 17.5. The summed E-state index contributed by atoms with van der Waals surface area (Å²) in [5.41, 5.74) is 1.09. The molecule has 4 rings (SSSR count). The smallest absolute Gasteiger partial charge is 0.320 e. The zero-order chi connectivity index (χ0) is 41.0. The fourth-order valence-corrected chi connectivity index (χ4v) is 12.3. The first-order valence-electron chi connectivity index (χ1n) is 21.3. The molecule has 1 atom stereocenters. The summed E-state index contributed by atoms with van der Waals surface area (Å²) in [6.07, 6.45) is 13.3. The van der Waals surface area contributed by atoms with Crippen molar-refractivity contribution in [2.75, 3.05) is 45.9 Å². The molecule has 2 aliphatic rings. The SMILES string of the molecule is CCCN(CC(=O)OC(C)(C)C)CC1(SSC2(CN(CCCOC(=O)[C@@H](C)c3ccc4cc(C)ccc4c3)CC(=O)OC(C)(C)C)CCCCC2)CCCCC1. The number of carbonyl (C=O) groups excluding carboxylic acids is 3. The van der Waals surface area contributed by atoms with Crippen molar-refractivity contribution < 1.29 is 28.6 Å². The van der Waals surface area contributed by atoms with Gasteiger partial charge in [-0.2, -0.15) is 0 Å². The summed E-state index contributed by atoms with van der Waals surface area (Å²) in [6, 6.07) is 12.5. The summed E-state index contributed by atoms with van der Waals surface area (Å²) in [5, 5.41) is 2.28. The predicted molar refractivity (Wildman–Crippen MR) is 234 cm³/mol. The lowest BCUT2D eigenvalue weighted by Gasteiger charge is -2.45. The van der Waals surface area contributed by atoms with E-state index in [4.69, 9.17) is 14.2 Å². The van der Waals surface area contributed by atoms with Gasteiger partial charge in [0, 0.05) is 29.1 Å². The third kappa shape index (κ3) is 15.5. The number of esters is 3. The molecule has 8 nitrogen and oxygen atoms in total. The second-order valence-electron chi connectivity index (χ2n) is 18.6. The van der Waals surface area contributed by atoms with Gasteiger partial charge in [-0.3, -0.25) is 24.2 Å². The average molecular weight is 813 g/mol. The lowest BCUT2D eigenvalue weighted by molar-refractivity contribution is -0.157. The number of benzene rings is 2. The number of hydrogen-bond acceptors (Lipinski definition) is 10. The van der Waals surface area contributed by atoms with Crippen LogP contribution in [0.1, 0.15) is 149 Å². The first-order chi connectivity index (χ1) is 26.4. The Hall–Kier alpha value is -2.27. The van der Waals surface area contributed by atoms with E-state index < -0.39 is 11.2 Å². The highest BCUT2D eigenvalue weighted by molar-refractivity contribution is 8.77. The molecule has 0 radical (unpaired) electrons. The fourth-order valence-electron chi connectivity index (χ4n) is 8.15. The first kappa shape index (κ1) is 46.4. The van der Waals surface area contributed by atoms with Crippen LogP contribution in [0, 0.1) is 6.92 Å². The van der Waals surface area contributed by atoms with E-state index in [0.717, 1.165) is 68.1 Å². The Kier molecular flexibility index (Phi) is 17.5. The topological polar surface area (TPSA) is 85.4 Å². The Morgan fingerprint density at radius 3 is 1.70 bits per heavy atom. The van der Waals surface area contributed by atoms with Crippen molar-refractivity contribution in [3.8, 4) is 0 Å². The molecule has 0 bridgehead atoms. The van der Waals surface area contributed by atoms with Gasteiger partial charge in [0.1, 0.15) is 11.2 Å². The number of rotatable bonds is 19. The average Bonchev–Trinajstić information content (AvgIpc) is 3.11. The summed E-state index contributed by atoms with van der Waals surface area (Å²) in [4.78, 5) is 44.1. The summed E-state index contributed by atoms with van der Waals surface area (Å²) in [5.74, 6) is -0.978. The lowest BCUT2D eigenvalue weighted by Crippen LogP contribution is -2.47. The van der Waals surface area contributed by atoms with E-state index in [-0.39, 0.29) is 39.9 Å². The van der Waals surface area contributed by atoms with Gasteiger partial charge >= 0.3 is 17.9 Å². The molecule has 0 heterocycles. The molecule has 0 aromatic heterocycles. The van der Waals surface area contributed by atoms with Crippen LogP contribution in [-0.4, -0.2) is 94.3 Å². The van der Waals surface area contributed by atoms with Crippen LogP contribution in [0.2, 0.25) is 0 Å². The molecule has 2 aliphatic carbocycles. The van der Waals surface area contributed by atoms with E-state index >= 15 is 0 Å². The Labute approximate surface area is 346 Å². The highest BCUT2D eigenvalue weighted by atomic mass is 33.1. The van der Waals surface area contributed by atoms with Gasteiger partial charge in [-0.05, 0) is 117 Å². The molecule has 0 N–H and O–H groups in total. The number of aryl methyl sites for hydroxylation is 1. The predicted octanol–water partition coefficient (Wildman–Crippen LogP) is 10.7. The van der Waals surface area contributed by atoms with Gasteiger partial charge in [0.2, 0.25) is 0 Å². The van der Waals surface area contributed by atoms with Gasteiger partial charge < -0.3 is 14.2 Å². The molecule has 0 amide bonds. The van der Waals surface area contributed by atoms with Crippen LogP contribution in [0.5, 0.6) is 0 Å². The van der Waals surface area contributed by atoms with Gasteiger partial charge in [-0.15, -0.1) is 0 Å². The van der Waals surface area contributed by atoms with Crippen LogP contribution >= 0.6 is 21.6 Å². The van der Waals surface area contributed by atoms with Gasteiger partial charge in [0.25, 0.3) is 0 Å². The van der Waals surface area contributed by atoms with E-state index in [2.05, 4.69) is 64.8 Å². The van der Waals surface area contributed by atoms with Crippen LogP contribution in [0.4, 0.5) is 0 Å². The number of fused-ring (bicyclic) bond motifs is 1. The zero-order valence-corrected chi connectivity index (χ0v) is 37.8. The Morgan fingerprint density at radius 2 is 1.20 bits per heavy atom. The van der Waals surface area contributed by atoms with Crippen LogP contribution in [0.3, 0.4) is 0 Å². The maximum atomic E-state index is 13.3. The molecule has 0 saturated heterocycles. The molecule has 2 aromatic rings. The maximum absolute atomic E-state index is 13.3. The molecule has 2 fully saturated rings. The van der Waals surface area contributed by atoms with Crippen LogP contribution < -0.4 is 0 Å². The number of nitrogens with zero attached hydrogens (tertiary/aromatic N) is 2. The van der Waals surface area contributed by atoms with Crippen molar-refractivity contribution >= 4 is 50.3 Å². The van der Waals surface area contributed by atoms with E-state index in [0.29, 0.717) is 26.1 Å². The minimum atomic E-state index is -0.569. The lowest BCUT2D eigenvalue weighted by atomic mass is 9.87. The number of hydrogen-bond donors (Lipinski definition) is 0. The van der Waals surface area contributed by atoms with Gasteiger partial charge in [0.15, 0.2) is 0 Å². The summed E-state index contributed by atoms with van der Waals surface area (Å²) >= 11 is 0. The highest BCUT2D eigenvalue weighted by Crippen LogP contribution is 2.54. The second kappa shape index (κ2) is 21.1. The quantitative estimate of drug-likeness (QED) is 0.0591. The van der Waals surface area contributed by atoms with E-state index in [1.807, 2.05) is 65.3 Å². The van der Waals surface area contributed by atoms with Crippen LogP contribution in [0.15, 0.2) is 36.4 Å². The van der Waals surface area contributed by atoms with Crippen molar-refractivity contribution in [1.29, 1.82) is 0 Å². The van der Waals surface area contributed by atoms with Crippen molar-refractivity contribution in [1.82, 2.24) is 9.80 Å². The van der Waals surface area contributed by atoms with E-state index in [1.54, 1.807) is 0 Å².